The molecule has 1 rings (SSSR count). The molecule has 0 aromatic rings. The van der Waals surface area contributed by atoms with Gasteiger partial charge in [-0.2, -0.15) is 0 Å². The van der Waals surface area contributed by atoms with Crippen molar-refractivity contribution in [3.8, 4) is 0 Å². The summed E-state index contributed by atoms with van der Waals surface area (Å²) in [5.74, 6) is -1.23. The Bertz CT molecular complexity index is 460. The van der Waals surface area contributed by atoms with Crippen molar-refractivity contribution in [3.05, 3.63) is 0 Å². The maximum atomic E-state index is 11.7. The lowest BCUT2D eigenvalue weighted by molar-refractivity contribution is -0.142. The zero-order valence-electron chi connectivity index (χ0n) is 11.8. The van der Waals surface area contributed by atoms with Gasteiger partial charge < -0.3 is 10.4 Å². The first kappa shape index (κ1) is 16.9. The fraction of sp³-hybridized carbons (Fsp3) is 0.833. The van der Waals surface area contributed by atoms with Gasteiger partial charge in [0.1, 0.15) is 6.04 Å². The summed E-state index contributed by atoms with van der Waals surface area (Å²) in [7, 11) is -3.21. The molecule has 7 nitrogen and oxygen atoms in total. The minimum atomic E-state index is -3.21. The summed E-state index contributed by atoms with van der Waals surface area (Å²) in [6.07, 6.45) is 0.916. The number of carbonyl (C=O) groups excluding carboxylic acids is 1. The van der Waals surface area contributed by atoms with Crippen LogP contribution >= 0.6 is 0 Å². The van der Waals surface area contributed by atoms with Gasteiger partial charge in [-0.25, -0.2) is 17.5 Å². The number of sulfonamides is 1. The van der Waals surface area contributed by atoms with E-state index in [1.807, 2.05) is 13.8 Å². The summed E-state index contributed by atoms with van der Waals surface area (Å²) in [5.41, 5.74) is 0. The SMILES string of the molecule is CC(C)C[C@@H](NC(=O)CCN1CCCS1(=O)=O)C(=O)O. The molecule has 1 atom stereocenters. The number of nitrogens with one attached hydrogen (secondary N) is 1. The molecule has 0 unspecified atom stereocenters. The molecule has 0 radical (unpaired) electrons. The van der Waals surface area contributed by atoms with Crippen LogP contribution in [0, 0.1) is 5.92 Å². The van der Waals surface area contributed by atoms with Crippen LogP contribution in [-0.4, -0.2) is 54.6 Å². The van der Waals surface area contributed by atoms with Crippen molar-refractivity contribution < 1.29 is 23.1 Å². The van der Waals surface area contributed by atoms with Gasteiger partial charge in [-0.1, -0.05) is 13.8 Å². The highest BCUT2D eigenvalue weighted by atomic mass is 32.2. The van der Waals surface area contributed by atoms with E-state index in [2.05, 4.69) is 5.32 Å². The van der Waals surface area contributed by atoms with E-state index in [9.17, 15) is 18.0 Å². The lowest BCUT2D eigenvalue weighted by Crippen LogP contribution is -2.42. The van der Waals surface area contributed by atoms with Gasteiger partial charge in [-0.15, -0.1) is 0 Å². The summed E-state index contributed by atoms with van der Waals surface area (Å²) in [6.45, 7) is 4.30. The van der Waals surface area contributed by atoms with Crippen LogP contribution in [0.1, 0.15) is 33.1 Å². The number of carboxylic acids is 1. The number of amides is 1. The fourth-order valence-corrected chi connectivity index (χ4v) is 3.66. The van der Waals surface area contributed by atoms with E-state index in [0.29, 0.717) is 19.4 Å². The summed E-state index contributed by atoms with van der Waals surface area (Å²) < 4.78 is 24.4. The van der Waals surface area contributed by atoms with E-state index in [-0.39, 0.29) is 24.6 Å². The monoisotopic (exact) mass is 306 g/mol. The van der Waals surface area contributed by atoms with Crippen molar-refractivity contribution in [3.63, 3.8) is 0 Å². The minimum Gasteiger partial charge on any atom is -0.480 e. The first-order chi connectivity index (χ1) is 9.22. The minimum absolute atomic E-state index is 0.0128. The second-order valence-electron chi connectivity index (χ2n) is 5.41. The lowest BCUT2D eigenvalue weighted by Gasteiger charge is -2.18. The van der Waals surface area contributed by atoms with E-state index < -0.39 is 27.9 Å². The molecular formula is C12H22N2O5S. The van der Waals surface area contributed by atoms with Crippen LogP contribution in [0.3, 0.4) is 0 Å². The van der Waals surface area contributed by atoms with Gasteiger partial charge in [0, 0.05) is 19.5 Å². The molecule has 0 aromatic carbocycles. The highest BCUT2D eigenvalue weighted by Crippen LogP contribution is 2.13. The summed E-state index contributed by atoms with van der Waals surface area (Å²) in [6, 6.07) is -0.919. The number of hydrogen-bond acceptors (Lipinski definition) is 4. The van der Waals surface area contributed by atoms with Crippen molar-refractivity contribution in [2.75, 3.05) is 18.8 Å². The number of carboxylic acid groups (broad SMARTS) is 1. The van der Waals surface area contributed by atoms with Gasteiger partial charge in [-0.3, -0.25) is 4.79 Å². The second-order valence-corrected chi connectivity index (χ2v) is 7.49. The Morgan fingerprint density at radius 2 is 2.00 bits per heavy atom. The molecule has 0 spiro atoms. The highest BCUT2D eigenvalue weighted by molar-refractivity contribution is 7.89. The van der Waals surface area contributed by atoms with Gasteiger partial charge in [0.25, 0.3) is 0 Å². The molecule has 1 aliphatic rings. The fourth-order valence-electron chi connectivity index (χ4n) is 2.13. The van der Waals surface area contributed by atoms with Crippen LogP contribution in [0.5, 0.6) is 0 Å². The number of carbonyl (C=O) groups is 2. The van der Waals surface area contributed by atoms with Crippen molar-refractivity contribution in [1.29, 1.82) is 0 Å². The average molecular weight is 306 g/mol. The zero-order chi connectivity index (χ0) is 15.3. The van der Waals surface area contributed by atoms with E-state index >= 15 is 0 Å². The molecule has 1 fully saturated rings. The van der Waals surface area contributed by atoms with Crippen molar-refractivity contribution >= 4 is 21.9 Å². The van der Waals surface area contributed by atoms with E-state index in [0.717, 1.165) is 0 Å². The van der Waals surface area contributed by atoms with Crippen LogP contribution < -0.4 is 5.32 Å². The Kier molecular flexibility index (Phi) is 5.94. The third-order valence-electron chi connectivity index (χ3n) is 3.13. The second kappa shape index (κ2) is 7.03. The summed E-state index contributed by atoms with van der Waals surface area (Å²) in [5, 5.41) is 11.5. The largest absolute Gasteiger partial charge is 0.480 e. The van der Waals surface area contributed by atoms with E-state index in [1.54, 1.807) is 0 Å². The summed E-state index contributed by atoms with van der Waals surface area (Å²) >= 11 is 0. The Balaban J connectivity index is 2.44. The molecule has 1 aliphatic heterocycles. The molecule has 116 valence electrons. The normalized spacial score (nSPS) is 19.9. The van der Waals surface area contributed by atoms with Gasteiger partial charge in [0.05, 0.1) is 5.75 Å². The predicted octanol–water partition coefficient (Wildman–Crippen LogP) is 0.0275. The maximum absolute atomic E-state index is 11.7. The van der Waals surface area contributed by atoms with Crippen molar-refractivity contribution in [1.82, 2.24) is 9.62 Å². The van der Waals surface area contributed by atoms with E-state index in [4.69, 9.17) is 5.11 Å². The first-order valence-corrected chi connectivity index (χ1v) is 8.33. The number of nitrogens with zero attached hydrogens (tertiary/aromatic N) is 1. The Labute approximate surface area is 119 Å². The lowest BCUT2D eigenvalue weighted by atomic mass is 10.0. The van der Waals surface area contributed by atoms with E-state index in [1.165, 1.54) is 4.31 Å². The molecule has 2 N–H and O–H groups in total. The van der Waals surface area contributed by atoms with Gasteiger partial charge in [-0.05, 0) is 18.8 Å². The molecule has 1 amide bonds. The molecule has 0 aliphatic carbocycles. The number of hydrogen-bond donors (Lipinski definition) is 2. The highest BCUT2D eigenvalue weighted by Gasteiger charge is 2.28. The van der Waals surface area contributed by atoms with Crippen LogP contribution in [0.15, 0.2) is 0 Å². The Morgan fingerprint density at radius 1 is 1.35 bits per heavy atom. The topological polar surface area (TPSA) is 104 Å². The predicted molar refractivity (Wildman–Crippen MR) is 73.6 cm³/mol. The molecule has 8 heteroatoms. The van der Waals surface area contributed by atoms with Crippen molar-refractivity contribution in [2.24, 2.45) is 5.92 Å². The maximum Gasteiger partial charge on any atom is 0.326 e. The number of rotatable bonds is 7. The zero-order valence-corrected chi connectivity index (χ0v) is 12.6. The quantitative estimate of drug-likeness (QED) is 0.690. The smallest absolute Gasteiger partial charge is 0.326 e. The standard InChI is InChI=1S/C12H22N2O5S/c1-9(2)8-10(12(16)17)13-11(15)4-6-14-5-3-7-20(14,18)19/h9-10H,3-8H2,1-2H3,(H,13,15)(H,16,17)/t10-/m1/s1. The molecular weight excluding hydrogens is 284 g/mol. The third-order valence-corrected chi connectivity index (χ3v) is 5.09. The van der Waals surface area contributed by atoms with Gasteiger partial charge in [0.2, 0.25) is 15.9 Å². The molecule has 0 saturated carbocycles. The van der Waals surface area contributed by atoms with Crippen LogP contribution in [-0.2, 0) is 19.6 Å². The summed E-state index contributed by atoms with van der Waals surface area (Å²) in [4.78, 5) is 22.7. The van der Waals surface area contributed by atoms with Gasteiger partial charge >= 0.3 is 5.97 Å². The number of aliphatic carboxylic acids is 1. The third kappa shape index (κ3) is 5.09. The van der Waals surface area contributed by atoms with Crippen molar-refractivity contribution in [2.45, 2.75) is 39.2 Å². The molecule has 1 saturated heterocycles. The van der Waals surface area contributed by atoms with Gasteiger partial charge in [0.15, 0.2) is 0 Å². The van der Waals surface area contributed by atoms with Crippen LogP contribution in [0.4, 0.5) is 0 Å². The Hall–Kier alpha value is -1.15. The molecule has 0 aromatic heterocycles. The first-order valence-electron chi connectivity index (χ1n) is 6.72. The van der Waals surface area contributed by atoms with Crippen LogP contribution in [0.25, 0.3) is 0 Å². The molecule has 0 bridgehead atoms. The molecule has 1 heterocycles. The molecule has 20 heavy (non-hydrogen) atoms. The van der Waals surface area contributed by atoms with Crippen LogP contribution in [0.2, 0.25) is 0 Å². The Morgan fingerprint density at radius 3 is 2.45 bits per heavy atom. The average Bonchev–Trinajstić information content (AvgIpc) is 2.64.